The summed E-state index contributed by atoms with van der Waals surface area (Å²) in [5.74, 6) is 0.988. The van der Waals surface area contributed by atoms with E-state index < -0.39 is 0 Å². The number of aryl methyl sites for hydroxylation is 1. The van der Waals surface area contributed by atoms with Crippen molar-refractivity contribution in [3.63, 3.8) is 0 Å². The fraction of sp³-hybridized carbons (Fsp3) is 0.154. The van der Waals surface area contributed by atoms with Gasteiger partial charge < -0.3 is 10.5 Å². The summed E-state index contributed by atoms with van der Waals surface area (Å²) in [6, 6.07) is 7.04. The van der Waals surface area contributed by atoms with Gasteiger partial charge in [-0.25, -0.2) is 4.98 Å². The van der Waals surface area contributed by atoms with Gasteiger partial charge in [-0.15, -0.1) is 0 Å². The average Bonchev–Trinajstić information content (AvgIpc) is 2.35. The van der Waals surface area contributed by atoms with E-state index in [9.17, 15) is 0 Å². The van der Waals surface area contributed by atoms with Gasteiger partial charge in [0.2, 0.25) is 5.88 Å². The van der Waals surface area contributed by atoms with Gasteiger partial charge in [0.1, 0.15) is 5.75 Å². The maximum absolute atomic E-state index is 6.04. The molecule has 3 nitrogen and oxygen atoms in total. The van der Waals surface area contributed by atoms with Crippen LogP contribution in [-0.4, -0.2) is 4.98 Å². The number of anilines is 1. The van der Waals surface area contributed by atoms with Gasteiger partial charge in [-0.3, -0.25) is 0 Å². The van der Waals surface area contributed by atoms with Crippen molar-refractivity contribution in [2.75, 3.05) is 5.73 Å². The number of hydrogen-bond acceptors (Lipinski definition) is 3. The molecule has 2 rings (SSSR count). The molecule has 2 N–H and O–H groups in total. The Bertz CT molecular complexity index is 573. The van der Waals surface area contributed by atoms with Crippen molar-refractivity contribution in [2.45, 2.75) is 13.3 Å². The lowest BCUT2D eigenvalue weighted by Gasteiger charge is -2.09. The lowest BCUT2D eigenvalue weighted by atomic mass is 10.1. The number of aromatic nitrogens is 1. The van der Waals surface area contributed by atoms with Gasteiger partial charge in [0.05, 0.1) is 10.7 Å². The van der Waals surface area contributed by atoms with E-state index in [-0.39, 0.29) is 0 Å². The predicted octanol–water partition coefficient (Wildman–Crippen LogP) is 4.33. The molecular weight excluding hydrogens is 271 g/mol. The Labute approximate surface area is 115 Å². The van der Waals surface area contributed by atoms with Crippen molar-refractivity contribution >= 4 is 28.9 Å². The summed E-state index contributed by atoms with van der Waals surface area (Å²) in [5, 5.41) is 1.20. The smallest absolute Gasteiger partial charge is 0.242 e. The first-order valence-corrected chi connectivity index (χ1v) is 6.23. The number of pyridine rings is 1. The van der Waals surface area contributed by atoms with Gasteiger partial charge in [0.25, 0.3) is 0 Å². The number of nitrogens with zero attached hydrogens (tertiary/aromatic N) is 1. The molecule has 0 aliphatic heterocycles. The van der Waals surface area contributed by atoms with Gasteiger partial charge >= 0.3 is 0 Å². The van der Waals surface area contributed by atoms with Gasteiger partial charge in [0.15, 0.2) is 0 Å². The summed E-state index contributed by atoms with van der Waals surface area (Å²) in [7, 11) is 0. The normalized spacial score (nSPS) is 10.4. The van der Waals surface area contributed by atoms with Gasteiger partial charge in [-0.1, -0.05) is 30.1 Å². The fourth-order valence-corrected chi connectivity index (χ4v) is 1.94. The van der Waals surface area contributed by atoms with Crippen LogP contribution in [0.2, 0.25) is 10.0 Å². The molecule has 0 aliphatic carbocycles. The summed E-state index contributed by atoms with van der Waals surface area (Å²) in [6.07, 6.45) is 2.32. The van der Waals surface area contributed by atoms with E-state index in [1.807, 2.05) is 13.0 Å². The average molecular weight is 283 g/mol. The minimum Gasteiger partial charge on any atom is -0.437 e. The van der Waals surface area contributed by atoms with Crippen LogP contribution < -0.4 is 10.5 Å². The third-order valence-electron chi connectivity index (χ3n) is 2.46. The molecule has 2 aromatic rings. The second-order valence-electron chi connectivity index (χ2n) is 3.76. The highest BCUT2D eigenvalue weighted by Gasteiger charge is 2.06. The molecule has 18 heavy (non-hydrogen) atoms. The van der Waals surface area contributed by atoms with E-state index in [0.717, 1.165) is 17.0 Å². The topological polar surface area (TPSA) is 48.1 Å². The molecule has 1 heterocycles. The highest BCUT2D eigenvalue weighted by molar-refractivity contribution is 6.31. The SMILES string of the molecule is CCc1cc(Oc2ncc(Cl)cc2N)ccc1Cl. The van der Waals surface area contributed by atoms with Gasteiger partial charge in [0, 0.05) is 11.2 Å². The number of hydrogen-bond donors (Lipinski definition) is 1. The van der Waals surface area contributed by atoms with Crippen LogP contribution >= 0.6 is 23.2 Å². The number of benzene rings is 1. The van der Waals surface area contributed by atoms with Crippen LogP contribution in [0.5, 0.6) is 11.6 Å². The van der Waals surface area contributed by atoms with Gasteiger partial charge in [-0.05, 0) is 36.2 Å². The van der Waals surface area contributed by atoms with Crippen LogP contribution in [-0.2, 0) is 6.42 Å². The molecule has 0 atom stereocenters. The Morgan fingerprint density at radius 3 is 2.72 bits per heavy atom. The predicted molar refractivity (Wildman–Crippen MR) is 74.6 cm³/mol. The van der Waals surface area contributed by atoms with E-state index in [4.69, 9.17) is 33.7 Å². The minimum absolute atomic E-state index is 0.337. The third-order valence-corrected chi connectivity index (χ3v) is 3.03. The van der Waals surface area contributed by atoms with E-state index in [1.54, 1.807) is 18.2 Å². The zero-order chi connectivity index (χ0) is 13.1. The number of ether oxygens (including phenoxy) is 1. The molecule has 0 bridgehead atoms. The van der Waals surface area contributed by atoms with E-state index in [2.05, 4.69) is 4.98 Å². The number of nitrogen functional groups attached to an aromatic ring is 1. The molecule has 1 aromatic heterocycles. The Balaban J connectivity index is 2.28. The molecule has 0 aliphatic rings. The van der Waals surface area contributed by atoms with Crippen molar-refractivity contribution in [2.24, 2.45) is 0 Å². The van der Waals surface area contributed by atoms with Crippen LogP contribution in [0.4, 0.5) is 5.69 Å². The fourth-order valence-electron chi connectivity index (χ4n) is 1.52. The van der Waals surface area contributed by atoms with Crippen LogP contribution in [0.1, 0.15) is 12.5 Å². The molecular formula is C13H12Cl2N2O. The summed E-state index contributed by atoms with van der Waals surface area (Å²) < 4.78 is 5.61. The van der Waals surface area contributed by atoms with Crippen molar-refractivity contribution in [3.05, 3.63) is 46.1 Å². The molecule has 5 heteroatoms. The van der Waals surface area contributed by atoms with Crippen LogP contribution in [0.3, 0.4) is 0 Å². The van der Waals surface area contributed by atoms with Crippen LogP contribution in [0, 0.1) is 0 Å². The van der Waals surface area contributed by atoms with Crippen molar-refractivity contribution in [1.82, 2.24) is 4.98 Å². The first kappa shape index (κ1) is 13.0. The quantitative estimate of drug-likeness (QED) is 0.912. The highest BCUT2D eigenvalue weighted by Crippen LogP contribution is 2.29. The molecule has 0 fully saturated rings. The summed E-state index contributed by atoms with van der Waals surface area (Å²) in [5.41, 5.74) is 7.19. The molecule has 0 saturated carbocycles. The maximum atomic E-state index is 6.04. The van der Waals surface area contributed by atoms with E-state index >= 15 is 0 Å². The third kappa shape index (κ3) is 2.86. The Morgan fingerprint density at radius 2 is 2.06 bits per heavy atom. The summed E-state index contributed by atoms with van der Waals surface area (Å²) in [4.78, 5) is 4.04. The molecule has 1 aromatic carbocycles. The second kappa shape index (κ2) is 5.46. The van der Waals surface area contributed by atoms with E-state index in [0.29, 0.717) is 22.3 Å². The standard InChI is InChI=1S/C13H12Cl2N2O/c1-2-8-5-10(3-4-11(8)15)18-13-12(16)6-9(14)7-17-13/h3-7H,2,16H2,1H3. The summed E-state index contributed by atoms with van der Waals surface area (Å²) in [6.45, 7) is 2.03. The molecule has 0 unspecified atom stereocenters. The summed E-state index contributed by atoms with van der Waals surface area (Å²) >= 11 is 11.8. The zero-order valence-electron chi connectivity index (χ0n) is 9.78. The zero-order valence-corrected chi connectivity index (χ0v) is 11.3. The first-order chi connectivity index (χ1) is 8.60. The van der Waals surface area contributed by atoms with Gasteiger partial charge in [-0.2, -0.15) is 0 Å². The monoisotopic (exact) mass is 282 g/mol. The van der Waals surface area contributed by atoms with Crippen molar-refractivity contribution in [1.29, 1.82) is 0 Å². The van der Waals surface area contributed by atoms with Crippen molar-refractivity contribution in [3.8, 4) is 11.6 Å². The van der Waals surface area contributed by atoms with Crippen molar-refractivity contribution < 1.29 is 4.74 Å². The first-order valence-electron chi connectivity index (χ1n) is 5.47. The van der Waals surface area contributed by atoms with E-state index in [1.165, 1.54) is 6.20 Å². The van der Waals surface area contributed by atoms with Crippen LogP contribution in [0.25, 0.3) is 0 Å². The molecule has 0 saturated heterocycles. The second-order valence-corrected chi connectivity index (χ2v) is 4.60. The molecule has 0 amide bonds. The molecule has 0 radical (unpaired) electrons. The minimum atomic E-state index is 0.337. The largest absolute Gasteiger partial charge is 0.437 e. The lowest BCUT2D eigenvalue weighted by Crippen LogP contribution is -1.95. The Hall–Kier alpha value is -1.45. The van der Waals surface area contributed by atoms with Crippen LogP contribution in [0.15, 0.2) is 30.5 Å². The Morgan fingerprint density at radius 1 is 1.28 bits per heavy atom. The molecule has 94 valence electrons. The maximum Gasteiger partial charge on any atom is 0.242 e. The number of halogens is 2. The Kier molecular flexibility index (Phi) is 3.94. The highest BCUT2D eigenvalue weighted by atomic mass is 35.5. The number of nitrogens with two attached hydrogens (primary N) is 1. The number of rotatable bonds is 3. The molecule has 0 spiro atoms. The lowest BCUT2D eigenvalue weighted by molar-refractivity contribution is 0.465.